The lowest BCUT2D eigenvalue weighted by molar-refractivity contribution is -0.133. The van der Waals surface area contributed by atoms with Gasteiger partial charge in [-0.15, -0.1) is 11.3 Å². The molecule has 1 aromatic carbocycles. The maximum absolute atomic E-state index is 12.4. The molecule has 0 aliphatic rings. The van der Waals surface area contributed by atoms with Gasteiger partial charge in [-0.2, -0.15) is 11.3 Å². The van der Waals surface area contributed by atoms with Crippen molar-refractivity contribution in [1.29, 1.82) is 0 Å². The molecule has 2 aromatic heterocycles. The molecule has 0 atom stereocenters. The zero-order valence-corrected chi connectivity index (χ0v) is 18.3. The average molecular weight is 451 g/mol. The second-order valence-electron chi connectivity index (χ2n) is 6.22. The van der Waals surface area contributed by atoms with Gasteiger partial charge in [0.05, 0.1) is 5.69 Å². The summed E-state index contributed by atoms with van der Waals surface area (Å²) in [6.07, 6.45) is 0. The smallest absolute Gasteiger partial charge is 0.350 e. The number of nitrogens with zero attached hydrogens (tertiary/aromatic N) is 2. The van der Waals surface area contributed by atoms with E-state index < -0.39 is 5.97 Å². The third-order valence-corrected chi connectivity index (χ3v) is 6.05. The summed E-state index contributed by atoms with van der Waals surface area (Å²) in [7, 11) is 1.68. The fourth-order valence-electron chi connectivity index (χ4n) is 2.43. The largest absolute Gasteiger partial charge is 0.486 e. The number of aryl methyl sites for hydroxylation is 1. The third kappa shape index (κ3) is 6.03. The number of thiophene rings is 1. The monoisotopic (exact) mass is 450 g/mol. The van der Waals surface area contributed by atoms with E-state index in [1.807, 2.05) is 16.8 Å². The van der Waals surface area contributed by atoms with Gasteiger partial charge >= 0.3 is 5.97 Å². The molecule has 0 saturated carbocycles. The molecule has 0 radical (unpaired) electrons. The van der Waals surface area contributed by atoms with Crippen LogP contribution in [0.5, 0.6) is 5.75 Å². The van der Waals surface area contributed by atoms with Crippen LogP contribution in [-0.2, 0) is 22.7 Å². The summed E-state index contributed by atoms with van der Waals surface area (Å²) in [4.78, 5) is 30.8. The van der Waals surface area contributed by atoms with Crippen molar-refractivity contribution >= 4 is 46.2 Å². The highest BCUT2D eigenvalue weighted by Crippen LogP contribution is 2.22. The van der Waals surface area contributed by atoms with E-state index in [0.29, 0.717) is 32.9 Å². The average Bonchev–Trinajstić information content (AvgIpc) is 3.34. The number of hydrogen-bond acceptors (Lipinski definition) is 7. The van der Waals surface area contributed by atoms with Gasteiger partial charge in [0.2, 0.25) is 0 Å². The molecule has 6 nitrogen and oxygen atoms in total. The Labute approximate surface area is 181 Å². The van der Waals surface area contributed by atoms with E-state index in [9.17, 15) is 9.59 Å². The second kappa shape index (κ2) is 9.87. The fourth-order valence-corrected chi connectivity index (χ4v) is 4.08. The standard InChI is InChI=1S/C20H19ClN2O4S2/c1-13-19(29-17(22-13)10-26-16-5-3-15(21)4-6-16)20(25)27-11-18(24)23(2)9-14-7-8-28-12-14/h3-8,12H,9-11H2,1-2H3. The molecule has 2 heterocycles. The Morgan fingerprint density at radius 3 is 2.66 bits per heavy atom. The molecule has 152 valence electrons. The van der Waals surface area contributed by atoms with E-state index in [-0.39, 0.29) is 19.1 Å². The van der Waals surface area contributed by atoms with Gasteiger partial charge in [-0.05, 0) is 53.6 Å². The topological polar surface area (TPSA) is 68.7 Å². The van der Waals surface area contributed by atoms with Crippen molar-refractivity contribution in [3.05, 3.63) is 67.3 Å². The molecule has 0 aliphatic carbocycles. The van der Waals surface area contributed by atoms with E-state index >= 15 is 0 Å². The number of aromatic nitrogens is 1. The summed E-state index contributed by atoms with van der Waals surface area (Å²) in [6, 6.07) is 8.94. The highest BCUT2D eigenvalue weighted by Gasteiger charge is 2.19. The number of carbonyl (C=O) groups is 2. The van der Waals surface area contributed by atoms with Crippen LogP contribution in [0.25, 0.3) is 0 Å². The normalized spacial score (nSPS) is 10.6. The van der Waals surface area contributed by atoms with Crippen LogP contribution in [0.3, 0.4) is 0 Å². The Morgan fingerprint density at radius 1 is 1.21 bits per heavy atom. The summed E-state index contributed by atoms with van der Waals surface area (Å²) in [6.45, 7) is 2.12. The molecular weight excluding hydrogens is 432 g/mol. The molecule has 29 heavy (non-hydrogen) atoms. The van der Waals surface area contributed by atoms with Crippen LogP contribution in [0.15, 0.2) is 41.1 Å². The van der Waals surface area contributed by atoms with E-state index in [0.717, 1.165) is 5.56 Å². The first-order valence-corrected chi connectivity index (χ1v) is 10.8. The summed E-state index contributed by atoms with van der Waals surface area (Å²) in [5.41, 5.74) is 1.59. The van der Waals surface area contributed by atoms with Crippen molar-refractivity contribution in [3.63, 3.8) is 0 Å². The van der Waals surface area contributed by atoms with Crippen LogP contribution in [0.1, 0.15) is 25.9 Å². The molecule has 0 saturated heterocycles. The Bertz CT molecular complexity index is 971. The molecule has 0 N–H and O–H groups in total. The van der Waals surface area contributed by atoms with Gasteiger partial charge < -0.3 is 14.4 Å². The van der Waals surface area contributed by atoms with Gasteiger partial charge in [-0.1, -0.05) is 11.6 Å². The van der Waals surface area contributed by atoms with Crippen LogP contribution < -0.4 is 4.74 Å². The minimum absolute atomic E-state index is 0.225. The molecule has 0 aliphatic heterocycles. The van der Waals surface area contributed by atoms with Crippen LogP contribution in [0, 0.1) is 6.92 Å². The molecule has 3 aromatic rings. The number of thiazole rings is 1. The molecule has 9 heteroatoms. The minimum Gasteiger partial charge on any atom is -0.486 e. The number of esters is 1. The maximum atomic E-state index is 12.4. The van der Waals surface area contributed by atoms with Gasteiger partial charge in [0, 0.05) is 18.6 Å². The zero-order valence-electron chi connectivity index (χ0n) is 15.9. The number of ether oxygens (including phenoxy) is 2. The van der Waals surface area contributed by atoms with Crippen LogP contribution in [0.4, 0.5) is 0 Å². The lowest BCUT2D eigenvalue weighted by Gasteiger charge is -2.16. The summed E-state index contributed by atoms with van der Waals surface area (Å²) in [5, 5.41) is 5.20. The molecule has 0 fully saturated rings. The first-order valence-electron chi connectivity index (χ1n) is 8.69. The second-order valence-corrected chi connectivity index (χ2v) is 8.52. The Kier molecular flexibility index (Phi) is 7.24. The SMILES string of the molecule is Cc1nc(COc2ccc(Cl)cc2)sc1C(=O)OCC(=O)N(C)Cc1ccsc1. The van der Waals surface area contributed by atoms with Crippen LogP contribution in [-0.4, -0.2) is 35.4 Å². The number of amides is 1. The molecular formula is C20H19ClN2O4S2. The van der Waals surface area contributed by atoms with E-state index in [4.69, 9.17) is 21.1 Å². The van der Waals surface area contributed by atoms with Gasteiger partial charge in [0.15, 0.2) is 6.61 Å². The quantitative estimate of drug-likeness (QED) is 0.470. The van der Waals surface area contributed by atoms with Crippen molar-refractivity contribution in [2.75, 3.05) is 13.7 Å². The van der Waals surface area contributed by atoms with E-state index in [1.54, 1.807) is 49.6 Å². The first-order chi connectivity index (χ1) is 13.9. The van der Waals surface area contributed by atoms with Gasteiger partial charge in [-0.25, -0.2) is 9.78 Å². The summed E-state index contributed by atoms with van der Waals surface area (Å²) < 4.78 is 10.8. The Morgan fingerprint density at radius 2 is 1.97 bits per heavy atom. The molecule has 0 bridgehead atoms. The molecule has 0 spiro atoms. The van der Waals surface area contributed by atoms with Crippen LogP contribution in [0.2, 0.25) is 5.02 Å². The van der Waals surface area contributed by atoms with Crippen LogP contribution >= 0.6 is 34.3 Å². The fraction of sp³-hybridized carbons (Fsp3) is 0.250. The summed E-state index contributed by atoms with van der Waals surface area (Å²) >= 11 is 8.61. The number of rotatable bonds is 8. The number of hydrogen-bond donors (Lipinski definition) is 0. The van der Waals surface area contributed by atoms with Gasteiger partial charge in [0.25, 0.3) is 5.91 Å². The molecule has 3 rings (SSSR count). The molecule has 1 amide bonds. The van der Waals surface area contributed by atoms with Crippen molar-refractivity contribution in [1.82, 2.24) is 9.88 Å². The van der Waals surface area contributed by atoms with E-state index in [2.05, 4.69) is 4.98 Å². The number of carbonyl (C=O) groups excluding carboxylic acids is 2. The highest BCUT2D eigenvalue weighted by atomic mass is 35.5. The lowest BCUT2D eigenvalue weighted by Crippen LogP contribution is -2.30. The first kappa shape index (κ1) is 21.3. The number of benzene rings is 1. The zero-order chi connectivity index (χ0) is 20.8. The van der Waals surface area contributed by atoms with Crippen molar-refractivity contribution in [3.8, 4) is 5.75 Å². The van der Waals surface area contributed by atoms with Crippen molar-refractivity contribution in [2.24, 2.45) is 0 Å². The third-order valence-electron chi connectivity index (χ3n) is 3.95. The Balaban J connectivity index is 1.51. The lowest BCUT2D eigenvalue weighted by atomic mass is 10.3. The predicted molar refractivity (Wildman–Crippen MR) is 114 cm³/mol. The Hall–Kier alpha value is -2.42. The van der Waals surface area contributed by atoms with Gasteiger partial charge in [-0.3, -0.25) is 4.79 Å². The van der Waals surface area contributed by atoms with Crippen molar-refractivity contribution < 1.29 is 19.1 Å². The van der Waals surface area contributed by atoms with Gasteiger partial charge in [0.1, 0.15) is 22.2 Å². The van der Waals surface area contributed by atoms with E-state index in [1.165, 1.54) is 16.2 Å². The number of halogens is 1. The summed E-state index contributed by atoms with van der Waals surface area (Å²) in [5.74, 6) is -0.168. The van der Waals surface area contributed by atoms with Crippen molar-refractivity contribution in [2.45, 2.75) is 20.1 Å². The maximum Gasteiger partial charge on any atom is 0.350 e. The minimum atomic E-state index is -0.560. The molecule has 0 unspecified atom stereocenters. The predicted octanol–water partition coefficient (Wildman–Crippen LogP) is 4.56. The highest BCUT2D eigenvalue weighted by molar-refractivity contribution is 7.13. The number of likely N-dealkylation sites (N-methyl/N-ethyl adjacent to an activating group) is 1.